The number of alkyl halides is 5. The van der Waals surface area contributed by atoms with E-state index in [0.717, 1.165) is 0 Å². The highest BCUT2D eigenvalue weighted by Crippen LogP contribution is 2.35. The Morgan fingerprint density at radius 1 is 1.33 bits per heavy atom. The van der Waals surface area contributed by atoms with Crippen molar-refractivity contribution in [3.63, 3.8) is 0 Å². The number of allylic oxidation sites excluding steroid dienone is 2. The maximum atomic E-state index is 12.4. The Morgan fingerprint density at radius 2 is 2.00 bits per heavy atom. The predicted molar refractivity (Wildman–Crippen MR) is 41.9 cm³/mol. The van der Waals surface area contributed by atoms with Gasteiger partial charge in [0.2, 0.25) is 0 Å². The number of aliphatic imine (C=N–C) groups is 1. The molecule has 1 heterocycles. The molecule has 0 unspecified atom stereocenters. The van der Waals surface area contributed by atoms with E-state index in [1.54, 1.807) is 0 Å². The van der Waals surface area contributed by atoms with E-state index in [-0.39, 0.29) is 12.3 Å². The lowest BCUT2D eigenvalue weighted by molar-refractivity contribution is -0.293. The number of hydrogen-bond acceptors (Lipinski definition) is 2. The van der Waals surface area contributed by atoms with Crippen LogP contribution in [0.15, 0.2) is 22.9 Å². The van der Waals surface area contributed by atoms with Gasteiger partial charge in [-0.25, -0.2) is 4.99 Å². The van der Waals surface area contributed by atoms with Crippen molar-refractivity contribution in [1.29, 1.82) is 0 Å². The molecule has 0 aromatic carbocycles. The zero-order valence-electron chi connectivity index (χ0n) is 7.31. The zero-order chi connectivity index (χ0) is 11.5. The number of rotatable bonds is 3. The predicted octanol–water partition coefficient (Wildman–Crippen LogP) is 2.32. The van der Waals surface area contributed by atoms with Crippen molar-refractivity contribution in [2.45, 2.75) is 12.1 Å². The smallest absolute Gasteiger partial charge is 0.456 e. The Labute approximate surface area is 81.7 Å². The molecule has 0 aromatic heterocycles. The Kier molecular flexibility index (Phi) is 3.14. The first-order chi connectivity index (χ1) is 6.83. The average Bonchev–Trinajstić information content (AvgIpc) is 2.15. The quantitative estimate of drug-likeness (QED) is 0.678. The van der Waals surface area contributed by atoms with Crippen molar-refractivity contribution in [3.05, 3.63) is 17.9 Å². The van der Waals surface area contributed by atoms with E-state index in [1.807, 2.05) is 0 Å². The third kappa shape index (κ3) is 3.06. The van der Waals surface area contributed by atoms with E-state index in [2.05, 4.69) is 15.6 Å². The highest BCUT2D eigenvalue weighted by atomic mass is 19.4. The Bertz CT molecular complexity index is 324. The van der Waals surface area contributed by atoms with Gasteiger partial charge in [-0.15, -0.1) is 0 Å². The molecule has 0 atom stereocenters. The minimum atomic E-state index is -5.60. The number of ether oxygens (including phenoxy) is 1. The van der Waals surface area contributed by atoms with Crippen LogP contribution in [0.4, 0.5) is 22.0 Å². The van der Waals surface area contributed by atoms with Crippen LogP contribution in [-0.2, 0) is 4.74 Å². The summed E-state index contributed by atoms with van der Waals surface area (Å²) < 4.78 is 64.1. The van der Waals surface area contributed by atoms with Crippen molar-refractivity contribution in [2.75, 3.05) is 13.2 Å². The normalized spacial score (nSPS) is 16.5. The minimum absolute atomic E-state index is 0.0438. The monoisotopic (exact) mass is 227 g/mol. The highest BCUT2D eigenvalue weighted by molar-refractivity contribution is 5.57. The van der Waals surface area contributed by atoms with Crippen molar-refractivity contribution >= 4 is 5.87 Å². The fourth-order valence-corrected chi connectivity index (χ4v) is 0.718. The summed E-state index contributed by atoms with van der Waals surface area (Å²) >= 11 is 0. The van der Waals surface area contributed by atoms with Crippen LogP contribution >= 0.6 is 0 Å². The second-order valence-electron chi connectivity index (χ2n) is 2.74. The van der Waals surface area contributed by atoms with E-state index in [4.69, 9.17) is 0 Å². The van der Waals surface area contributed by atoms with Gasteiger partial charge in [-0.3, -0.25) is 0 Å². The first kappa shape index (κ1) is 11.7. The van der Waals surface area contributed by atoms with Crippen LogP contribution in [0, 0.1) is 0 Å². The van der Waals surface area contributed by atoms with Crippen molar-refractivity contribution < 1.29 is 26.7 Å². The number of nitrogens with zero attached hydrogens (tertiary/aromatic N) is 1. The van der Waals surface area contributed by atoms with E-state index in [9.17, 15) is 22.0 Å². The molecule has 0 spiro atoms. The standard InChI is InChI=1S/C8H6F5NO/c9-7(10,8(11,12)13)5-15-6-2-1-3-14-4-6/h1-2H,4-5H2. The summed E-state index contributed by atoms with van der Waals surface area (Å²) in [7, 11) is 0. The van der Waals surface area contributed by atoms with Gasteiger partial charge in [0.15, 0.2) is 6.61 Å². The summed E-state index contributed by atoms with van der Waals surface area (Å²) in [6.45, 7) is -1.81. The number of hydrogen-bond donors (Lipinski definition) is 0. The molecular formula is C8H6F5NO. The summed E-state index contributed by atoms with van der Waals surface area (Å²) in [5, 5.41) is 0. The van der Waals surface area contributed by atoms with Gasteiger partial charge in [0.25, 0.3) is 0 Å². The summed E-state index contributed by atoms with van der Waals surface area (Å²) in [6, 6.07) is 0. The van der Waals surface area contributed by atoms with Crippen LogP contribution in [-0.4, -0.2) is 31.1 Å². The van der Waals surface area contributed by atoms with Gasteiger partial charge in [-0.1, -0.05) is 0 Å². The molecule has 0 fully saturated rings. The molecule has 7 heteroatoms. The highest BCUT2D eigenvalue weighted by Gasteiger charge is 2.58. The third-order valence-electron chi connectivity index (χ3n) is 1.52. The van der Waals surface area contributed by atoms with Crippen LogP contribution in [0.1, 0.15) is 0 Å². The van der Waals surface area contributed by atoms with Crippen molar-refractivity contribution in [3.8, 4) is 0 Å². The zero-order valence-corrected chi connectivity index (χ0v) is 7.31. The third-order valence-corrected chi connectivity index (χ3v) is 1.52. The lowest BCUT2D eigenvalue weighted by atomic mass is 10.3. The van der Waals surface area contributed by atoms with Crippen LogP contribution in [0.5, 0.6) is 0 Å². The SMILES string of the molecule is FC(F)(F)C(F)(F)COC1=CC=C=NC1. The Balaban J connectivity index is 2.50. The molecule has 0 amide bonds. The molecule has 1 rings (SSSR count). The topological polar surface area (TPSA) is 21.6 Å². The molecule has 1 aliphatic heterocycles. The molecule has 0 N–H and O–H groups in total. The van der Waals surface area contributed by atoms with Gasteiger partial charge < -0.3 is 4.74 Å². The summed E-state index contributed by atoms with van der Waals surface area (Å²) in [6.07, 6.45) is -3.09. The lowest BCUT2D eigenvalue weighted by Crippen LogP contribution is -2.40. The maximum absolute atomic E-state index is 12.4. The minimum Gasteiger partial charge on any atom is -0.489 e. The van der Waals surface area contributed by atoms with E-state index >= 15 is 0 Å². The maximum Gasteiger partial charge on any atom is 0.456 e. The largest absolute Gasteiger partial charge is 0.489 e. The Hall–Kier alpha value is -1.36. The fourth-order valence-electron chi connectivity index (χ4n) is 0.718. The molecule has 0 radical (unpaired) electrons. The molecule has 0 bridgehead atoms. The van der Waals surface area contributed by atoms with Crippen molar-refractivity contribution in [1.82, 2.24) is 0 Å². The van der Waals surface area contributed by atoms with Gasteiger partial charge in [0, 0.05) is 6.08 Å². The van der Waals surface area contributed by atoms with Gasteiger partial charge in [0.05, 0.1) is 0 Å². The first-order valence-electron chi connectivity index (χ1n) is 3.85. The summed E-state index contributed by atoms with van der Waals surface area (Å²) in [5.41, 5.74) is 0. The molecule has 1 aliphatic rings. The van der Waals surface area contributed by atoms with Gasteiger partial charge >= 0.3 is 12.1 Å². The molecule has 2 nitrogen and oxygen atoms in total. The van der Waals surface area contributed by atoms with Crippen LogP contribution in [0.3, 0.4) is 0 Å². The molecular weight excluding hydrogens is 221 g/mol. The first-order valence-corrected chi connectivity index (χ1v) is 3.85. The van der Waals surface area contributed by atoms with Crippen LogP contribution in [0.2, 0.25) is 0 Å². The van der Waals surface area contributed by atoms with Gasteiger partial charge in [0.1, 0.15) is 12.3 Å². The summed E-state index contributed by atoms with van der Waals surface area (Å²) in [5.74, 6) is -2.52. The molecule has 15 heavy (non-hydrogen) atoms. The molecule has 0 saturated carbocycles. The van der Waals surface area contributed by atoms with Crippen LogP contribution < -0.4 is 0 Å². The summed E-state index contributed by atoms with van der Waals surface area (Å²) in [4.78, 5) is 3.50. The van der Waals surface area contributed by atoms with E-state index < -0.39 is 18.7 Å². The molecule has 0 aliphatic carbocycles. The van der Waals surface area contributed by atoms with E-state index in [0.29, 0.717) is 0 Å². The molecule has 0 aromatic rings. The average molecular weight is 227 g/mol. The second kappa shape index (κ2) is 4.02. The van der Waals surface area contributed by atoms with Crippen LogP contribution in [0.25, 0.3) is 0 Å². The van der Waals surface area contributed by atoms with E-state index in [1.165, 1.54) is 12.2 Å². The van der Waals surface area contributed by atoms with Gasteiger partial charge in [-0.2, -0.15) is 22.0 Å². The molecule has 0 saturated heterocycles. The molecule has 84 valence electrons. The number of halogens is 5. The van der Waals surface area contributed by atoms with Gasteiger partial charge in [-0.05, 0) is 11.9 Å². The van der Waals surface area contributed by atoms with Crippen molar-refractivity contribution in [2.24, 2.45) is 4.99 Å². The lowest BCUT2D eigenvalue weighted by Gasteiger charge is -2.20. The fraction of sp³-hybridized carbons (Fsp3) is 0.500. The Morgan fingerprint density at radius 3 is 2.47 bits per heavy atom. The second-order valence-corrected chi connectivity index (χ2v) is 2.74.